The highest BCUT2D eigenvalue weighted by Crippen LogP contribution is 2.33. The molecule has 0 unspecified atom stereocenters. The van der Waals surface area contributed by atoms with Crippen LogP contribution in [0.2, 0.25) is 0 Å². The average Bonchev–Trinajstić information content (AvgIpc) is 3.16. The summed E-state index contributed by atoms with van der Waals surface area (Å²) in [6.45, 7) is 5.95. The van der Waals surface area contributed by atoms with Gasteiger partial charge in [0.05, 0.1) is 35.4 Å². The van der Waals surface area contributed by atoms with Crippen molar-refractivity contribution in [3.8, 4) is 17.1 Å². The maximum absolute atomic E-state index is 7.89. The summed E-state index contributed by atoms with van der Waals surface area (Å²) in [5.74, 6) is 0.533. The van der Waals surface area contributed by atoms with E-state index in [0.717, 1.165) is 35.5 Å². The predicted molar refractivity (Wildman–Crippen MR) is 116 cm³/mol. The maximum atomic E-state index is 7.89. The van der Waals surface area contributed by atoms with E-state index >= 15 is 0 Å². The summed E-state index contributed by atoms with van der Waals surface area (Å²) in [5.41, 5.74) is 4.82. The van der Waals surface area contributed by atoms with E-state index in [2.05, 4.69) is 27.6 Å². The molecule has 3 N–H and O–H groups in total. The third kappa shape index (κ3) is 4.90. The highest BCUT2D eigenvalue weighted by molar-refractivity contribution is 5.91. The molecule has 0 aliphatic heterocycles. The van der Waals surface area contributed by atoms with E-state index < -0.39 is 0 Å². The fourth-order valence-corrected chi connectivity index (χ4v) is 2.98. The van der Waals surface area contributed by atoms with Crippen molar-refractivity contribution in [1.29, 1.82) is 5.41 Å². The van der Waals surface area contributed by atoms with Crippen molar-refractivity contribution in [1.82, 2.24) is 19.7 Å². The minimum absolute atomic E-state index is 0.518. The molecule has 0 saturated heterocycles. The van der Waals surface area contributed by atoms with E-state index in [1.807, 2.05) is 44.6 Å². The van der Waals surface area contributed by atoms with Crippen molar-refractivity contribution in [3.63, 3.8) is 0 Å². The summed E-state index contributed by atoms with van der Waals surface area (Å²) in [5, 5.41) is 19.0. The van der Waals surface area contributed by atoms with Gasteiger partial charge in [-0.1, -0.05) is 6.92 Å². The highest BCUT2D eigenvalue weighted by atomic mass is 16.5. The molecule has 3 heterocycles. The van der Waals surface area contributed by atoms with Gasteiger partial charge < -0.3 is 20.8 Å². The quantitative estimate of drug-likeness (QED) is 0.454. The average molecular weight is 393 g/mol. The first-order valence-electron chi connectivity index (χ1n) is 9.75. The number of hydrogen-bond acceptors (Lipinski definition) is 7. The number of pyridine rings is 2. The summed E-state index contributed by atoms with van der Waals surface area (Å²) in [6.07, 6.45) is 7.75. The molecule has 0 aliphatic carbocycles. The van der Waals surface area contributed by atoms with Gasteiger partial charge in [0, 0.05) is 44.3 Å². The first-order valence-corrected chi connectivity index (χ1v) is 9.75. The number of nitrogens with zero attached hydrogens (tertiary/aromatic N) is 4. The Labute approximate surface area is 170 Å². The third-order valence-corrected chi connectivity index (χ3v) is 4.31. The van der Waals surface area contributed by atoms with Gasteiger partial charge in [-0.05, 0) is 31.5 Å². The van der Waals surface area contributed by atoms with Gasteiger partial charge in [0.25, 0.3) is 0 Å². The largest absolute Gasteiger partial charge is 0.477 e. The molecule has 3 aromatic rings. The van der Waals surface area contributed by atoms with E-state index in [1.165, 1.54) is 6.21 Å². The summed E-state index contributed by atoms with van der Waals surface area (Å²) in [7, 11) is 1.90. The molecule has 0 atom stereocenters. The van der Waals surface area contributed by atoms with Gasteiger partial charge in [0.2, 0.25) is 5.88 Å². The van der Waals surface area contributed by atoms with Gasteiger partial charge in [0.1, 0.15) is 5.69 Å². The smallest absolute Gasteiger partial charge is 0.222 e. The zero-order chi connectivity index (χ0) is 20.6. The molecule has 0 aliphatic rings. The Hall–Kier alpha value is -3.42. The zero-order valence-corrected chi connectivity index (χ0v) is 17.1. The first kappa shape index (κ1) is 20.3. The molecule has 0 aromatic carbocycles. The first-order chi connectivity index (χ1) is 14.2. The van der Waals surface area contributed by atoms with Crippen molar-refractivity contribution < 1.29 is 4.74 Å². The monoisotopic (exact) mass is 393 g/mol. The molecule has 0 radical (unpaired) electrons. The van der Waals surface area contributed by atoms with E-state index in [9.17, 15) is 0 Å². The van der Waals surface area contributed by atoms with E-state index in [-0.39, 0.29) is 0 Å². The fraction of sp³-hybridized carbons (Fsp3) is 0.333. The third-order valence-electron chi connectivity index (χ3n) is 4.31. The van der Waals surface area contributed by atoms with Crippen LogP contribution in [0.1, 0.15) is 31.5 Å². The maximum Gasteiger partial charge on any atom is 0.222 e. The highest BCUT2D eigenvalue weighted by Gasteiger charge is 2.16. The normalized spacial score (nSPS) is 10.6. The molecule has 0 amide bonds. The van der Waals surface area contributed by atoms with Crippen molar-refractivity contribution in [2.75, 3.05) is 23.8 Å². The van der Waals surface area contributed by atoms with Crippen LogP contribution in [0.15, 0.2) is 36.8 Å². The molecule has 0 spiro atoms. The number of anilines is 2. The topological polar surface area (TPSA) is 101 Å². The lowest BCUT2D eigenvalue weighted by molar-refractivity contribution is 0.328. The van der Waals surface area contributed by atoms with Gasteiger partial charge in [0.15, 0.2) is 0 Å². The second-order valence-electron chi connectivity index (χ2n) is 6.55. The lowest BCUT2D eigenvalue weighted by Gasteiger charge is -2.18. The second-order valence-corrected chi connectivity index (χ2v) is 6.55. The Balaban J connectivity index is 2.03. The number of aryl methyl sites for hydroxylation is 1. The Morgan fingerprint density at radius 1 is 1.28 bits per heavy atom. The second kappa shape index (κ2) is 9.68. The summed E-state index contributed by atoms with van der Waals surface area (Å²) < 4.78 is 7.45. The SMILES string of the molecule is CCCNc1c(NCc2cnn(C)c2)cc(-c2cccnc2OCC)nc1C=N. The molecular formula is C21H27N7O. The van der Waals surface area contributed by atoms with Crippen LogP contribution < -0.4 is 15.4 Å². The van der Waals surface area contributed by atoms with Crippen molar-refractivity contribution >= 4 is 17.6 Å². The lowest BCUT2D eigenvalue weighted by Crippen LogP contribution is -2.10. The van der Waals surface area contributed by atoms with E-state index in [0.29, 0.717) is 30.4 Å². The summed E-state index contributed by atoms with van der Waals surface area (Å²) in [4.78, 5) is 9.03. The van der Waals surface area contributed by atoms with Crippen LogP contribution in [0.25, 0.3) is 11.3 Å². The zero-order valence-electron chi connectivity index (χ0n) is 17.1. The molecule has 0 saturated carbocycles. The molecule has 8 nitrogen and oxygen atoms in total. The summed E-state index contributed by atoms with van der Waals surface area (Å²) >= 11 is 0. The molecule has 3 aromatic heterocycles. The lowest BCUT2D eigenvalue weighted by atomic mass is 10.1. The summed E-state index contributed by atoms with van der Waals surface area (Å²) in [6, 6.07) is 5.76. The van der Waals surface area contributed by atoms with Gasteiger partial charge in [-0.3, -0.25) is 4.68 Å². The number of rotatable bonds is 10. The predicted octanol–water partition coefficient (Wildman–Crippen LogP) is 3.71. The van der Waals surface area contributed by atoms with Gasteiger partial charge in [-0.2, -0.15) is 5.10 Å². The number of hydrogen-bond donors (Lipinski definition) is 3. The van der Waals surface area contributed by atoms with Crippen LogP contribution in [0.4, 0.5) is 11.4 Å². The molecule has 0 bridgehead atoms. The van der Waals surface area contributed by atoms with Crippen molar-refractivity contribution in [2.45, 2.75) is 26.8 Å². The van der Waals surface area contributed by atoms with E-state index in [4.69, 9.17) is 15.1 Å². The molecular weight excluding hydrogens is 366 g/mol. The minimum Gasteiger partial charge on any atom is -0.477 e. The van der Waals surface area contributed by atoms with Gasteiger partial charge in [-0.25, -0.2) is 9.97 Å². The molecule has 152 valence electrons. The number of aromatic nitrogens is 4. The van der Waals surface area contributed by atoms with Crippen LogP contribution in [0.3, 0.4) is 0 Å². The van der Waals surface area contributed by atoms with Crippen LogP contribution >= 0.6 is 0 Å². The van der Waals surface area contributed by atoms with Crippen LogP contribution in [0.5, 0.6) is 5.88 Å². The van der Waals surface area contributed by atoms with Gasteiger partial charge in [-0.15, -0.1) is 0 Å². The fourth-order valence-electron chi connectivity index (χ4n) is 2.98. The number of ether oxygens (including phenoxy) is 1. The Morgan fingerprint density at radius 2 is 2.14 bits per heavy atom. The Kier molecular flexibility index (Phi) is 6.78. The molecule has 29 heavy (non-hydrogen) atoms. The van der Waals surface area contributed by atoms with Crippen LogP contribution in [-0.4, -0.2) is 39.1 Å². The molecule has 8 heteroatoms. The van der Waals surface area contributed by atoms with Crippen LogP contribution in [0, 0.1) is 5.41 Å². The Morgan fingerprint density at radius 3 is 2.83 bits per heavy atom. The van der Waals surface area contributed by atoms with Crippen molar-refractivity contribution in [2.24, 2.45) is 7.05 Å². The van der Waals surface area contributed by atoms with Crippen LogP contribution in [-0.2, 0) is 13.6 Å². The number of nitrogens with one attached hydrogen (secondary N) is 3. The van der Waals surface area contributed by atoms with Gasteiger partial charge >= 0.3 is 0 Å². The Bertz CT molecular complexity index is 967. The van der Waals surface area contributed by atoms with Crippen molar-refractivity contribution in [3.05, 3.63) is 48.0 Å². The molecule has 3 rings (SSSR count). The van der Waals surface area contributed by atoms with E-state index in [1.54, 1.807) is 10.9 Å². The standard InChI is InChI=1S/C21H27N7O/c1-4-8-23-20-18(25-12-15-13-26-28(3)14-15)10-17(27-19(20)11-22)16-7-6-9-24-21(16)29-5-2/h6-7,9-11,13-14,22-23H,4-5,8,12H2,1-3H3,(H,25,27). The minimum atomic E-state index is 0.518. The molecule has 0 fully saturated rings.